The molecule has 17 heavy (non-hydrogen) atoms. The number of rotatable bonds is 5. The summed E-state index contributed by atoms with van der Waals surface area (Å²) in [5, 5.41) is 3.38. The SMILES string of the molecule is COc1cccnc1NCC1CCCC1CCl. The highest BCUT2D eigenvalue weighted by atomic mass is 35.5. The Bertz CT molecular complexity index is 359. The van der Waals surface area contributed by atoms with Gasteiger partial charge in [-0.2, -0.15) is 0 Å². The van der Waals surface area contributed by atoms with Crippen LogP contribution in [0.5, 0.6) is 5.75 Å². The zero-order valence-electron chi connectivity index (χ0n) is 10.2. The van der Waals surface area contributed by atoms with Crippen molar-refractivity contribution in [3.8, 4) is 5.75 Å². The summed E-state index contributed by atoms with van der Waals surface area (Å²) in [4.78, 5) is 4.29. The minimum atomic E-state index is 0.652. The minimum Gasteiger partial charge on any atom is -0.493 e. The summed E-state index contributed by atoms with van der Waals surface area (Å²) >= 11 is 5.97. The molecule has 0 spiro atoms. The molecule has 1 saturated carbocycles. The summed E-state index contributed by atoms with van der Waals surface area (Å²) < 4.78 is 5.26. The lowest BCUT2D eigenvalue weighted by Gasteiger charge is -2.18. The van der Waals surface area contributed by atoms with E-state index in [1.165, 1.54) is 19.3 Å². The van der Waals surface area contributed by atoms with Gasteiger partial charge in [0.15, 0.2) is 11.6 Å². The highest BCUT2D eigenvalue weighted by molar-refractivity contribution is 6.18. The van der Waals surface area contributed by atoms with Crippen molar-refractivity contribution in [2.24, 2.45) is 11.8 Å². The molecule has 4 heteroatoms. The molecular formula is C13H19ClN2O. The van der Waals surface area contributed by atoms with Crippen molar-refractivity contribution in [3.63, 3.8) is 0 Å². The van der Waals surface area contributed by atoms with Gasteiger partial charge in [0.1, 0.15) is 0 Å². The first-order chi connectivity index (χ1) is 8.35. The summed E-state index contributed by atoms with van der Waals surface area (Å²) in [6.45, 7) is 0.935. The quantitative estimate of drug-likeness (QED) is 0.820. The van der Waals surface area contributed by atoms with Crippen molar-refractivity contribution in [2.45, 2.75) is 19.3 Å². The van der Waals surface area contributed by atoms with Gasteiger partial charge in [0.25, 0.3) is 0 Å². The van der Waals surface area contributed by atoms with Gasteiger partial charge in [-0.05, 0) is 36.8 Å². The van der Waals surface area contributed by atoms with Crippen LogP contribution in [-0.4, -0.2) is 24.5 Å². The van der Waals surface area contributed by atoms with E-state index < -0.39 is 0 Å². The topological polar surface area (TPSA) is 34.1 Å². The molecule has 1 aromatic heterocycles. The highest BCUT2D eigenvalue weighted by Crippen LogP contribution is 2.33. The van der Waals surface area contributed by atoms with E-state index in [1.54, 1.807) is 13.3 Å². The van der Waals surface area contributed by atoms with Gasteiger partial charge in [-0.1, -0.05) is 6.42 Å². The van der Waals surface area contributed by atoms with Gasteiger partial charge in [-0.25, -0.2) is 4.98 Å². The van der Waals surface area contributed by atoms with E-state index in [-0.39, 0.29) is 0 Å². The van der Waals surface area contributed by atoms with Crippen molar-refractivity contribution in [3.05, 3.63) is 18.3 Å². The van der Waals surface area contributed by atoms with Crippen molar-refractivity contribution in [1.29, 1.82) is 0 Å². The van der Waals surface area contributed by atoms with Crippen LogP contribution in [-0.2, 0) is 0 Å². The fourth-order valence-corrected chi connectivity index (χ4v) is 2.91. The lowest BCUT2D eigenvalue weighted by molar-refractivity contribution is 0.412. The number of hydrogen-bond acceptors (Lipinski definition) is 3. The molecule has 2 rings (SSSR count). The summed E-state index contributed by atoms with van der Waals surface area (Å²) in [7, 11) is 1.67. The van der Waals surface area contributed by atoms with Crippen LogP contribution in [0, 0.1) is 11.8 Å². The molecule has 0 radical (unpaired) electrons. The number of alkyl halides is 1. The molecule has 1 aliphatic carbocycles. The van der Waals surface area contributed by atoms with E-state index in [9.17, 15) is 0 Å². The van der Waals surface area contributed by atoms with Crippen LogP contribution in [0.2, 0.25) is 0 Å². The molecule has 94 valence electrons. The Hall–Kier alpha value is -0.960. The molecule has 1 aliphatic rings. The molecule has 2 atom stereocenters. The highest BCUT2D eigenvalue weighted by Gasteiger charge is 2.26. The summed E-state index contributed by atoms with van der Waals surface area (Å²) in [5.74, 6) is 3.72. The Morgan fingerprint density at radius 3 is 3.06 bits per heavy atom. The van der Waals surface area contributed by atoms with Crippen LogP contribution >= 0.6 is 11.6 Å². The lowest BCUT2D eigenvalue weighted by Crippen LogP contribution is -2.20. The van der Waals surface area contributed by atoms with Crippen LogP contribution in [0.15, 0.2) is 18.3 Å². The van der Waals surface area contributed by atoms with Gasteiger partial charge in [0.05, 0.1) is 7.11 Å². The third-order valence-electron chi connectivity index (χ3n) is 3.54. The zero-order valence-corrected chi connectivity index (χ0v) is 10.9. The van der Waals surface area contributed by atoms with E-state index in [4.69, 9.17) is 16.3 Å². The predicted molar refractivity (Wildman–Crippen MR) is 70.8 cm³/mol. The number of halogens is 1. The van der Waals surface area contributed by atoms with Crippen LogP contribution in [0.1, 0.15) is 19.3 Å². The molecule has 0 bridgehead atoms. The molecular weight excluding hydrogens is 236 g/mol. The number of methoxy groups -OCH3 is 1. The average molecular weight is 255 g/mol. The van der Waals surface area contributed by atoms with E-state index in [0.717, 1.165) is 24.0 Å². The van der Waals surface area contributed by atoms with Crippen LogP contribution in [0.25, 0.3) is 0 Å². The number of ether oxygens (including phenoxy) is 1. The van der Waals surface area contributed by atoms with Crippen molar-refractivity contribution < 1.29 is 4.74 Å². The summed E-state index contributed by atoms with van der Waals surface area (Å²) in [6.07, 6.45) is 5.59. The molecule has 0 aromatic carbocycles. The van der Waals surface area contributed by atoms with E-state index in [2.05, 4.69) is 10.3 Å². The van der Waals surface area contributed by atoms with Crippen molar-refractivity contribution in [1.82, 2.24) is 4.98 Å². The Kier molecular flexibility index (Phi) is 4.49. The van der Waals surface area contributed by atoms with Crippen molar-refractivity contribution in [2.75, 3.05) is 24.9 Å². The summed E-state index contributed by atoms with van der Waals surface area (Å²) in [6, 6.07) is 3.80. The molecule has 3 nitrogen and oxygen atoms in total. The van der Waals surface area contributed by atoms with Gasteiger partial charge < -0.3 is 10.1 Å². The van der Waals surface area contributed by atoms with Gasteiger partial charge in [-0.15, -0.1) is 11.6 Å². The number of aromatic nitrogens is 1. The second-order valence-corrected chi connectivity index (χ2v) is 4.85. The number of nitrogens with one attached hydrogen (secondary N) is 1. The number of pyridine rings is 1. The Morgan fingerprint density at radius 2 is 2.29 bits per heavy atom. The lowest BCUT2D eigenvalue weighted by atomic mass is 9.98. The van der Waals surface area contributed by atoms with Crippen molar-refractivity contribution >= 4 is 17.4 Å². The van der Waals surface area contributed by atoms with Gasteiger partial charge in [0, 0.05) is 18.6 Å². The molecule has 1 N–H and O–H groups in total. The first-order valence-corrected chi connectivity index (χ1v) is 6.67. The summed E-state index contributed by atoms with van der Waals surface area (Å²) in [5.41, 5.74) is 0. The minimum absolute atomic E-state index is 0.652. The molecule has 2 unspecified atom stereocenters. The number of hydrogen-bond donors (Lipinski definition) is 1. The number of anilines is 1. The van der Waals surface area contributed by atoms with Gasteiger partial charge >= 0.3 is 0 Å². The molecule has 0 amide bonds. The normalized spacial score (nSPS) is 23.6. The fraction of sp³-hybridized carbons (Fsp3) is 0.615. The van der Waals surface area contributed by atoms with E-state index in [0.29, 0.717) is 11.8 Å². The molecule has 1 aromatic rings. The van der Waals surface area contributed by atoms with E-state index in [1.807, 2.05) is 12.1 Å². The Labute approximate surface area is 108 Å². The Morgan fingerprint density at radius 1 is 1.47 bits per heavy atom. The van der Waals surface area contributed by atoms with Gasteiger partial charge in [-0.3, -0.25) is 0 Å². The first-order valence-electron chi connectivity index (χ1n) is 6.14. The van der Waals surface area contributed by atoms with E-state index >= 15 is 0 Å². The second kappa shape index (κ2) is 6.10. The molecule has 0 aliphatic heterocycles. The zero-order chi connectivity index (χ0) is 12.1. The van der Waals surface area contributed by atoms with Gasteiger partial charge in [0.2, 0.25) is 0 Å². The van der Waals surface area contributed by atoms with Crippen LogP contribution < -0.4 is 10.1 Å². The predicted octanol–water partition coefficient (Wildman–Crippen LogP) is 3.16. The maximum atomic E-state index is 5.97. The molecule has 0 saturated heterocycles. The maximum Gasteiger partial charge on any atom is 0.168 e. The third-order valence-corrected chi connectivity index (χ3v) is 3.93. The third kappa shape index (κ3) is 3.03. The standard InChI is InChI=1S/C13H19ClN2O/c1-17-12-6-3-7-15-13(12)16-9-11-5-2-4-10(11)8-14/h3,6-7,10-11H,2,4-5,8-9H2,1H3,(H,15,16). The van der Waals surface area contributed by atoms with Crippen LogP contribution in [0.4, 0.5) is 5.82 Å². The second-order valence-electron chi connectivity index (χ2n) is 4.54. The maximum absolute atomic E-state index is 5.97. The average Bonchev–Trinajstić information content (AvgIpc) is 2.84. The largest absolute Gasteiger partial charge is 0.493 e. The molecule has 1 heterocycles. The smallest absolute Gasteiger partial charge is 0.168 e. The fourth-order valence-electron chi connectivity index (χ4n) is 2.50. The number of nitrogens with zero attached hydrogens (tertiary/aromatic N) is 1. The monoisotopic (exact) mass is 254 g/mol. The Balaban J connectivity index is 1.93. The molecule has 1 fully saturated rings. The first kappa shape index (κ1) is 12.5. The van der Waals surface area contributed by atoms with Crippen LogP contribution in [0.3, 0.4) is 0 Å².